The summed E-state index contributed by atoms with van der Waals surface area (Å²) in [7, 11) is 0. The minimum absolute atomic E-state index is 0.0457. The van der Waals surface area contributed by atoms with Crippen LogP contribution in [-0.4, -0.2) is 20.9 Å². The van der Waals surface area contributed by atoms with Gasteiger partial charge >= 0.3 is 5.97 Å². The van der Waals surface area contributed by atoms with Gasteiger partial charge in [0.15, 0.2) is 5.69 Å². The molecular formula is C13H14N4O2. The maximum absolute atomic E-state index is 11.3. The molecule has 6 heteroatoms. The van der Waals surface area contributed by atoms with Crippen LogP contribution in [0.25, 0.3) is 0 Å². The number of carbonyl (C=O) groups is 1. The largest absolute Gasteiger partial charge is 0.476 e. The lowest BCUT2D eigenvalue weighted by Crippen LogP contribution is -2.14. The number of carboxylic acid groups (broad SMARTS) is 1. The van der Waals surface area contributed by atoms with Gasteiger partial charge in [-0.25, -0.2) is 4.79 Å². The van der Waals surface area contributed by atoms with Gasteiger partial charge in [-0.05, 0) is 19.3 Å². The van der Waals surface area contributed by atoms with E-state index in [4.69, 9.17) is 10.5 Å². The zero-order valence-electron chi connectivity index (χ0n) is 10.5. The van der Waals surface area contributed by atoms with Crippen molar-refractivity contribution in [2.45, 2.75) is 44.6 Å². The second-order valence-corrected chi connectivity index (χ2v) is 4.60. The molecule has 0 spiro atoms. The fourth-order valence-corrected chi connectivity index (χ4v) is 2.68. The molecule has 1 heterocycles. The van der Waals surface area contributed by atoms with Crippen molar-refractivity contribution in [3.8, 4) is 12.1 Å². The highest BCUT2D eigenvalue weighted by molar-refractivity contribution is 5.87. The first kappa shape index (κ1) is 13.1. The summed E-state index contributed by atoms with van der Waals surface area (Å²) in [5.41, 5.74) is 1.64. The molecule has 0 aromatic carbocycles. The monoisotopic (exact) mass is 258 g/mol. The molecule has 2 rings (SSSR count). The van der Waals surface area contributed by atoms with Crippen LogP contribution in [-0.2, 0) is 13.0 Å². The van der Waals surface area contributed by atoms with Gasteiger partial charge in [-0.2, -0.15) is 15.6 Å². The summed E-state index contributed by atoms with van der Waals surface area (Å²) in [5.74, 6) is -1.10. The summed E-state index contributed by atoms with van der Waals surface area (Å²) in [6.45, 7) is 0.408. The summed E-state index contributed by atoms with van der Waals surface area (Å²) in [6, 6.07) is 4.15. The fourth-order valence-electron chi connectivity index (χ4n) is 2.68. The maximum atomic E-state index is 11.3. The van der Waals surface area contributed by atoms with Gasteiger partial charge in [-0.15, -0.1) is 0 Å². The van der Waals surface area contributed by atoms with E-state index in [9.17, 15) is 9.90 Å². The van der Waals surface area contributed by atoms with Crippen LogP contribution in [0.15, 0.2) is 0 Å². The quantitative estimate of drug-likeness (QED) is 0.887. The number of carboxylic acids is 1. The van der Waals surface area contributed by atoms with Gasteiger partial charge in [0.1, 0.15) is 0 Å². The number of hydrogen-bond donors (Lipinski definition) is 1. The van der Waals surface area contributed by atoms with Gasteiger partial charge in [-0.1, -0.05) is 0 Å². The van der Waals surface area contributed by atoms with Crippen molar-refractivity contribution in [3.05, 3.63) is 17.0 Å². The minimum atomic E-state index is -1.06. The molecule has 0 saturated carbocycles. The average Bonchev–Trinajstić information content (AvgIpc) is 2.77. The third kappa shape index (κ3) is 2.43. The Balaban J connectivity index is 2.46. The predicted octanol–water partition coefficient (Wildman–Crippen LogP) is 1.83. The molecule has 1 aliphatic carbocycles. The third-order valence-electron chi connectivity index (χ3n) is 3.45. The van der Waals surface area contributed by atoms with E-state index in [1.165, 1.54) is 0 Å². The SMILES string of the molecule is N#CCCn1nc(C(=O)O)c2c1CCCC2CC#N. The Morgan fingerprint density at radius 3 is 2.89 bits per heavy atom. The lowest BCUT2D eigenvalue weighted by molar-refractivity contribution is 0.0687. The Kier molecular flexibility index (Phi) is 3.82. The smallest absolute Gasteiger partial charge is 0.356 e. The number of rotatable bonds is 4. The van der Waals surface area contributed by atoms with Crippen LogP contribution in [0, 0.1) is 22.7 Å². The van der Waals surface area contributed by atoms with E-state index in [-0.39, 0.29) is 11.6 Å². The first-order valence-electron chi connectivity index (χ1n) is 6.25. The average molecular weight is 258 g/mol. The van der Waals surface area contributed by atoms with E-state index in [1.807, 2.05) is 6.07 Å². The summed E-state index contributed by atoms with van der Waals surface area (Å²) >= 11 is 0. The normalized spacial score (nSPS) is 17.3. The predicted molar refractivity (Wildman–Crippen MR) is 65.3 cm³/mol. The van der Waals surface area contributed by atoms with Gasteiger partial charge in [-0.3, -0.25) is 4.68 Å². The van der Waals surface area contributed by atoms with Crippen LogP contribution >= 0.6 is 0 Å². The minimum Gasteiger partial charge on any atom is -0.476 e. The molecule has 98 valence electrons. The van der Waals surface area contributed by atoms with Gasteiger partial charge in [0.05, 0.1) is 25.1 Å². The van der Waals surface area contributed by atoms with Crippen molar-refractivity contribution in [1.82, 2.24) is 9.78 Å². The van der Waals surface area contributed by atoms with Gasteiger partial charge in [0.25, 0.3) is 0 Å². The summed E-state index contributed by atoms with van der Waals surface area (Å²) in [6.07, 6.45) is 3.14. The second kappa shape index (κ2) is 5.53. The number of aryl methyl sites for hydroxylation is 1. The molecule has 1 aromatic heterocycles. The molecule has 1 unspecified atom stereocenters. The zero-order chi connectivity index (χ0) is 13.8. The summed E-state index contributed by atoms with van der Waals surface area (Å²) in [4.78, 5) is 11.3. The Bertz CT molecular complexity index is 577. The van der Waals surface area contributed by atoms with Crippen molar-refractivity contribution >= 4 is 5.97 Å². The van der Waals surface area contributed by atoms with Gasteiger partial charge < -0.3 is 5.11 Å². The first-order chi connectivity index (χ1) is 9.19. The number of hydrogen-bond acceptors (Lipinski definition) is 4. The highest BCUT2D eigenvalue weighted by atomic mass is 16.4. The molecule has 0 amide bonds. The second-order valence-electron chi connectivity index (χ2n) is 4.60. The van der Waals surface area contributed by atoms with Crippen molar-refractivity contribution in [1.29, 1.82) is 10.5 Å². The van der Waals surface area contributed by atoms with E-state index >= 15 is 0 Å². The summed E-state index contributed by atoms with van der Waals surface area (Å²) in [5, 5.41) is 30.8. The number of nitriles is 2. The number of fused-ring (bicyclic) bond motifs is 1. The van der Waals surface area contributed by atoms with Crippen molar-refractivity contribution < 1.29 is 9.90 Å². The number of aromatic nitrogens is 2. The maximum Gasteiger partial charge on any atom is 0.356 e. The molecule has 0 saturated heterocycles. The van der Waals surface area contributed by atoms with Crippen molar-refractivity contribution in [2.75, 3.05) is 0 Å². The molecule has 6 nitrogen and oxygen atoms in total. The molecule has 0 bridgehead atoms. The molecule has 1 atom stereocenters. The third-order valence-corrected chi connectivity index (χ3v) is 3.45. The Morgan fingerprint density at radius 2 is 2.26 bits per heavy atom. The summed E-state index contributed by atoms with van der Waals surface area (Å²) < 4.78 is 1.63. The number of aromatic carboxylic acids is 1. The van der Waals surface area contributed by atoms with E-state index in [1.54, 1.807) is 4.68 Å². The van der Waals surface area contributed by atoms with E-state index in [0.29, 0.717) is 24.9 Å². The highest BCUT2D eigenvalue weighted by Crippen LogP contribution is 2.36. The lowest BCUT2D eigenvalue weighted by Gasteiger charge is -2.21. The molecular weight excluding hydrogens is 244 g/mol. The van der Waals surface area contributed by atoms with Crippen LogP contribution in [0.1, 0.15) is 53.3 Å². The molecule has 1 aromatic rings. The molecule has 0 radical (unpaired) electrons. The van der Waals surface area contributed by atoms with Crippen LogP contribution in [0.2, 0.25) is 0 Å². The van der Waals surface area contributed by atoms with Gasteiger partial charge in [0.2, 0.25) is 0 Å². The van der Waals surface area contributed by atoms with Crippen LogP contribution < -0.4 is 0 Å². The molecule has 1 aliphatic rings. The van der Waals surface area contributed by atoms with Crippen LogP contribution in [0.5, 0.6) is 0 Å². The fraction of sp³-hybridized carbons (Fsp3) is 0.538. The van der Waals surface area contributed by atoms with E-state index < -0.39 is 5.97 Å². The number of nitrogens with zero attached hydrogens (tertiary/aromatic N) is 4. The lowest BCUT2D eigenvalue weighted by atomic mass is 9.83. The molecule has 1 N–H and O–H groups in total. The van der Waals surface area contributed by atoms with Crippen LogP contribution in [0.3, 0.4) is 0 Å². The van der Waals surface area contributed by atoms with Crippen LogP contribution in [0.4, 0.5) is 0 Å². The molecule has 0 aliphatic heterocycles. The Hall–Kier alpha value is -2.34. The van der Waals surface area contributed by atoms with Crippen molar-refractivity contribution in [3.63, 3.8) is 0 Å². The topological polar surface area (TPSA) is 103 Å². The van der Waals surface area contributed by atoms with Crippen molar-refractivity contribution in [2.24, 2.45) is 0 Å². The molecule has 19 heavy (non-hydrogen) atoms. The molecule has 0 fully saturated rings. The highest BCUT2D eigenvalue weighted by Gasteiger charge is 2.31. The Morgan fingerprint density at radius 1 is 1.47 bits per heavy atom. The first-order valence-corrected chi connectivity index (χ1v) is 6.25. The van der Waals surface area contributed by atoms with E-state index in [2.05, 4.69) is 11.2 Å². The Labute approximate surface area is 110 Å². The zero-order valence-corrected chi connectivity index (χ0v) is 10.5. The van der Waals surface area contributed by atoms with Gasteiger partial charge in [0, 0.05) is 23.6 Å². The standard InChI is InChI=1S/C13H14N4O2/c14-6-2-8-17-10-4-1-3-9(5-7-15)11(10)12(16-17)13(18)19/h9H,1-5,8H2,(H,18,19). The van der Waals surface area contributed by atoms with E-state index in [0.717, 1.165) is 25.0 Å².